The van der Waals surface area contributed by atoms with Crippen molar-refractivity contribution in [2.75, 3.05) is 44.7 Å². The van der Waals surface area contributed by atoms with Gasteiger partial charge in [-0.1, -0.05) is 12.8 Å². The van der Waals surface area contributed by atoms with Crippen LogP contribution in [0.1, 0.15) is 25.7 Å². The summed E-state index contributed by atoms with van der Waals surface area (Å²) in [5.41, 5.74) is 1.05. The molecule has 9 nitrogen and oxygen atoms in total. The second kappa shape index (κ2) is 8.33. The van der Waals surface area contributed by atoms with Crippen molar-refractivity contribution in [3.63, 3.8) is 0 Å². The number of methoxy groups -OCH3 is 1. The first kappa shape index (κ1) is 20.2. The van der Waals surface area contributed by atoms with Crippen molar-refractivity contribution in [3.05, 3.63) is 24.3 Å². The van der Waals surface area contributed by atoms with Crippen molar-refractivity contribution in [3.8, 4) is 5.75 Å². The van der Waals surface area contributed by atoms with E-state index < -0.39 is 17.8 Å². The van der Waals surface area contributed by atoms with Gasteiger partial charge in [-0.25, -0.2) is 9.69 Å². The van der Waals surface area contributed by atoms with Crippen molar-refractivity contribution in [1.29, 1.82) is 0 Å². The molecule has 160 valence electrons. The van der Waals surface area contributed by atoms with Gasteiger partial charge in [0.15, 0.2) is 0 Å². The van der Waals surface area contributed by atoms with Crippen molar-refractivity contribution < 1.29 is 23.9 Å². The number of imide groups is 2. The monoisotopic (exact) mass is 414 g/mol. The molecule has 2 saturated heterocycles. The number of rotatable bonds is 5. The van der Waals surface area contributed by atoms with Crippen LogP contribution in [0.15, 0.2) is 24.3 Å². The highest BCUT2D eigenvalue weighted by molar-refractivity contribution is 6.45. The van der Waals surface area contributed by atoms with Crippen LogP contribution >= 0.6 is 0 Å². The topological polar surface area (TPSA) is 90.5 Å². The van der Waals surface area contributed by atoms with E-state index in [2.05, 4.69) is 4.90 Å². The number of hydrogen-bond donors (Lipinski definition) is 0. The summed E-state index contributed by atoms with van der Waals surface area (Å²) >= 11 is 0. The number of piperazine rings is 1. The van der Waals surface area contributed by atoms with Crippen molar-refractivity contribution >= 4 is 29.4 Å². The molecular weight excluding hydrogens is 388 g/mol. The minimum atomic E-state index is -0.892. The molecule has 0 spiro atoms. The summed E-state index contributed by atoms with van der Waals surface area (Å²) in [5.74, 6) is -1.22. The molecule has 0 radical (unpaired) electrons. The molecule has 9 heteroatoms. The molecule has 1 aliphatic carbocycles. The molecule has 30 heavy (non-hydrogen) atoms. The second-order valence-corrected chi connectivity index (χ2v) is 7.85. The van der Waals surface area contributed by atoms with Crippen molar-refractivity contribution in [2.45, 2.75) is 31.7 Å². The molecule has 1 aromatic carbocycles. The molecule has 4 rings (SSSR count). The number of carbonyl (C=O) groups excluding carboxylic acids is 4. The Balaban J connectivity index is 1.33. The average molecular weight is 414 g/mol. The van der Waals surface area contributed by atoms with Crippen LogP contribution in [0, 0.1) is 0 Å². The molecule has 3 fully saturated rings. The number of ether oxygens (including phenoxy) is 1. The predicted octanol–water partition coefficient (Wildman–Crippen LogP) is 1.08. The fourth-order valence-corrected chi connectivity index (χ4v) is 4.39. The Morgan fingerprint density at radius 2 is 1.60 bits per heavy atom. The summed E-state index contributed by atoms with van der Waals surface area (Å²) in [7, 11) is 1.62. The van der Waals surface area contributed by atoms with Crippen LogP contribution in [0.2, 0.25) is 0 Å². The Kier molecular flexibility index (Phi) is 5.61. The number of amides is 5. The van der Waals surface area contributed by atoms with Crippen LogP contribution < -0.4 is 9.64 Å². The Hall–Kier alpha value is -3.10. The highest BCUT2D eigenvalue weighted by Crippen LogP contribution is 2.28. The maximum atomic E-state index is 12.7. The Morgan fingerprint density at radius 1 is 0.967 bits per heavy atom. The van der Waals surface area contributed by atoms with E-state index in [0.717, 1.165) is 46.9 Å². The summed E-state index contributed by atoms with van der Waals surface area (Å²) in [5, 5.41) is 0. The van der Waals surface area contributed by atoms with Gasteiger partial charge in [0.25, 0.3) is 0 Å². The Labute approximate surface area is 175 Å². The number of carbonyl (C=O) groups is 4. The van der Waals surface area contributed by atoms with E-state index in [1.807, 2.05) is 24.3 Å². The molecule has 0 N–H and O–H groups in total. The highest BCUT2D eigenvalue weighted by atomic mass is 16.5. The fourth-order valence-electron chi connectivity index (χ4n) is 4.39. The minimum Gasteiger partial charge on any atom is -0.497 e. The van der Waals surface area contributed by atoms with E-state index in [-0.39, 0.29) is 18.5 Å². The van der Waals surface area contributed by atoms with Gasteiger partial charge in [0.2, 0.25) is 5.91 Å². The Morgan fingerprint density at radius 3 is 2.20 bits per heavy atom. The lowest BCUT2D eigenvalue weighted by atomic mass is 10.2. The summed E-state index contributed by atoms with van der Waals surface area (Å²) < 4.78 is 5.17. The van der Waals surface area contributed by atoms with Crippen LogP contribution in [0.5, 0.6) is 5.75 Å². The number of urea groups is 1. The van der Waals surface area contributed by atoms with Crippen LogP contribution in [-0.4, -0.2) is 84.3 Å². The maximum absolute atomic E-state index is 12.7. The van der Waals surface area contributed by atoms with Crippen LogP contribution in [0.4, 0.5) is 10.5 Å². The molecule has 0 aromatic heterocycles. The summed E-state index contributed by atoms with van der Waals surface area (Å²) in [6, 6.07) is 6.86. The van der Waals surface area contributed by atoms with E-state index in [4.69, 9.17) is 4.74 Å². The molecule has 1 aromatic rings. The molecule has 0 bridgehead atoms. The van der Waals surface area contributed by atoms with Gasteiger partial charge in [-0.05, 0) is 37.1 Å². The largest absolute Gasteiger partial charge is 0.497 e. The molecule has 2 aliphatic heterocycles. The van der Waals surface area contributed by atoms with E-state index in [0.29, 0.717) is 26.2 Å². The lowest BCUT2D eigenvalue weighted by molar-refractivity contribution is -0.145. The molecule has 5 amide bonds. The molecular formula is C21H26N4O5. The van der Waals surface area contributed by atoms with Crippen LogP contribution in [0.3, 0.4) is 0 Å². The van der Waals surface area contributed by atoms with Gasteiger partial charge in [0, 0.05) is 37.9 Å². The molecule has 0 atom stereocenters. The van der Waals surface area contributed by atoms with Gasteiger partial charge in [0.1, 0.15) is 12.3 Å². The van der Waals surface area contributed by atoms with Crippen LogP contribution in [-0.2, 0) is 14.4 Å². The molecule has 0 unspecified atom stereocenters. The number of nitrogens with zero attached hydrogens (tertiary/aromatic N) is 4. The van der Waals surface area contributed by atoms with E-state index >= 15 is 0 Å². The zero-order valence-electron chi connectivity index (χ0n) is 17.1. The normalized spacial score (nSPS) is 20.5. The zero-order chi connectivity index (χ0) is 21.3. The smallest absolute Gasteiger partial charge is 0.334 e. The lowest BCUT2D eigenvalue weighted by Crippen LogP contribution is -2.52. The minimum absolute atomic E-state index is 0.220. The number of hydrogen-bond acceptors (Lipinski definition) is 6. The maximum Gasteiger partial charge on any atom is 0.334 e. The SMILES string of the molecule is COc1ccc(N2CCN(C(=O)CN3C(=O)C(=O)N(C4CCCC4)C3=O)CC2)cc1. The third-order valence-electron chi connectivity index (χ3n) is 6.14. The zero-order valence-corrected chi connectivity index (χ0v) is 17.1. The molecule has 1 saturated carbocycles. The van der Waals surface area contributed by atoms with Gasteiger partial charge >= 0.3 is 17.8 Å². The Bertz CT molecular complexity index is 841. The van der Waals surface area contributed by atoms with Gasteiger partial charge in [-0.3, -0.25) is 19.3 Å². The predicted molar refractivity (Wildman–Crippen MR) is 108 cm³/mol. The first-order chi connectivity index (χ1) is 14.5. The van der Waals surface area contributed by atoms with Crippen molar-refractivity contribution in [2.24, 2.45) is 0 Å². The summed E-state index contributed by atoms with van der Waals surface area (Å²) in [6.07, 6.45) is 3.32. The highest BCUT2D eigenvalue weighted by Gasteiger charge is 2.48. The average Bonchev–Trinajstić information content (AvgIpc) is 3.37. The first-order valence-electron chi connectivity index (χ1n) is 10.4. The van der Waals surface area contributed by atoms with E-state index in [1.165, 1.54) is 0 Å². The third kappa shape index (κ3) is 3.71. The first-order valence-corrected chi connectivity index (χ1v) is 10.4. The fraction of sp³-hybridized carbons (Fsp3) is 0.524. The third-order valence-corrected chi connectivity index (χ3v) is 6.14. The van der Waals surface area contributed by atoms with Gasteiger partial charge in [-0.2, -0.15) is 0 Å². The quantitative estimate of drug-likeness (QED) is 0.529. The lowest BCUT2D eigenvalue weighted by Gasteiger charge is -2.36. The standard InChI is InChI=1S/C21H26N4O5/c1-30-17-8-6-15(7-9-17)22-10-12-23(13-11-22)18(26)14-24-19(27)20(28)25(21(24)29)16-4-2-3-5-16/h6-9,16H,2-5,10-14H2,1H3. The van der Waals surface area contributed by atoms with E-state index in [1.54, 1.807) is 12.0 Å². The van der Waals surface area contributed by atoms with Gasteiger partial charge in [-0.15, -0.1) is 0 Å². The number of anilines is 1. The van der Waals surface area contributed by atoms with Crippen molar-refractivity contribution in [1.82, 2.24) is 14.7 Å². The van der Waals surface area contributed by atoms with Crippen LogP contribution in [0.25, 0.3) is 0 Å². The molecule has 2 heterocycles. The van der Waals surface area contributed by atoms with Gasteiger partial charge < -0.3 is 14.5 Å². The second-order valence-electron chi connectivity index (χ2n) is 7.85. The molecule has 3 aliphatic rings. The summed E-state index contributed by atoms with van der Waals surface area (Å²) in [6.45, 7) is 1.89. The van der Waals surface area contributed by atoms with E-state index in [9.17, 15) is 19.2 Å². The summed E-state index contributed by atoms with van der Waals surface area (Å²) in [4.78, 5) is 55.6. The number of benzene rings is 1. The van der Waals surface area contributed by atoms with Gasteiger partial charge in [0.05, 0.1) is 7.11 Å².